The Balaban J connectivity index is 2.51. The van der Waals surface area contributed by atoms with Crippen LogP contribution in [0.4, 0.5) is 0 Å². The molecule has 0 aromatic heterocycles. The first kappa shape index (κ1) is 11.0. The molecule has 1 N–H and O–H groups in total. The van der Waals surface area contributed by atoms with E-state index in [0.717, 1.165) is 0 Å². The number of nitrogens with one attached hydrogen (secondary N) is 1. The first-order valence-corrected chi connectivity index (χ1v) is 4.33. The van der Waals surface area contributed by atoms with Gasteiger partial charge in [-0.05, 0) is 19.1 Å². The first-order valence-electron chi connectivity index (χ1n) is 4.33. The van der Waals surface area contributed by atoms with Crippen molar-refractivity contribution in [2.45, 2.75) is 6.92 Å². The molecule has 0 aliphatic rings. The molecule has 4 heteroatoms. The van der Waals surface area contributed by atoms with Crippen molar-refractivity contribution in [1.82, 2.24) is 5.48 Å². The topological polar surface area (TPSA) is 55.4 Å². The highest BCUT2D eigenvalue weighted by atomic mass is 16.7. The molecule has 0 saturated carbocycles. The Hall–Kier alpha value is -2.10. The average Bonchev–Trinajstić information content (AvgIpc) is 2.26. The molecule has 0 bridgehead atoms. The van der Waals surface area contributed by atoms with Crippen LogP contribution in [0.3, 0.4) is 0 Å². The van der Waals surface area contributed by atoms with Crippen molar-refractivity contribution in [2.75, 3.05) is 0 Å². The fraction of sp³-hybridized carbons (Fsp3) is 0.0909. The lowest BCUT2D eigenvalue weighted by molar-refractivity contribution is -0.144. The van der Waals surface area contributed by atoms with Crippen LogP contribution < -0.4 is 5.48 Å². The second kappa shape index (κ2) is 4.95. The monoisotopic (exact) mass is 205 g/mol. The van der Waals surface area contributed by atoms with Gasteiger partial charge in [-0.25, -0.2) is 4.79 Å². The zero-order chi connectivity index (χ0) is 11.3. The number of hydroxylamine groups is 1. The molecule has 1 rings (SSSR count). The highest BCUT2D eigenvalue weighted by Crippen LogP contribution is 1.98. The zero-order valence-electron chi connectivity index (χ0n) is 8.32. The van der Waals surface area contributed by atoms with E-state index in [2.05, 4.69) is 11.4 Å². The number of hydrogen-bond donors (Lipinski definition) is 1. The molecular weight excluding hydrogens is 194 g/mol. The predicted molar refractivity (Wildman–Crippen MR) is 54.8 cm³/mol. The summed E-state index contributed by atoms with van der Waals surface area (Å²) in [5.74, 6) is -1.12. The lowest BCUT2D eigenvalue weighted by Gasteiger charge is -2.04. The summed E-state index contributed by atoms with van der Waals surface area (Å²) in [6.45, 7) is 4.88. The van der Waals surface area contributed by atoms with Gasteiger partial charge in [0.2, 0.25) is 0 Å². The number of hydrogen-bond acceptors (Lipinski definition) is 3. The van der Waals surface area contributed by atoms with Gasteiger partial charge in [-0.15, -0.1) is 0 Å². The SMILES string of the molecule is C=C(C)C(=O)ONC(=O)c1ccccc1. The van der Waals surface area contributed by atoms with Crippen LogP contribution in [0.2, 0.25) is 0 Å². The highest BCUT2D eigenvalue weighted by molar-refractivity contribution is 5.95. The van der Waals surface area contributed by atoms with Crippen LogP contribution in [0.25, 0.3) is 0 Å². The summed E-state index contributed by atoms with van der Waals surface area (Å²) >= 11 is 0. The predicted octanol–water partition coefficient (Wildman–Crippen LogP) is 1.45. The van der Waals surface area contributed by atoms with Crippen LogP contribution in [0.5, 0.6) is 0 Å². The largest absolute Gasteiger partial charge is 0.358 e. The summed E-state index contributed by atoms with van der Waals surface area (Å²) in [6.07, 6.45) is 0. The van der Waals surface area contributed by atoms with Crippen LogP contribution in [0.1, 0.15) is 17.3 Å². The maximum absolute atomic E-state index is 11.4. The third-order valence-corrected chi connectivity index (χ3v) is 1.62. The van der Waals surface area contributed by atoms with Crippen molar-refractivity contribution in [3.8, 4) is 0 Å². The maximum atomic E-state index is 11.4. The van der Waals surface area contributed by atoms with E-state index in [-0.39, 0.29) is 5.57 Å². The molecule has 78 valence electrons. The van der Waals surface area contributed by atoms with E-state index in [4.69, 9.17) is 0 Å². The molecule has 0 unspecified atom stereocenters. The minimum absolute atomic E-state index is 0.225. The smallest absolute Gasteiger partial charge is 0.335 e. The van der Waals surface area contributed by atoms with E-state index in [0.29, 0.717) is 5.56 Å². The number of benzene rings is 1. The normalized spacial score (nSPS) is 9.13. The van der Waals surface area contributed by atoms with E-state index in [9.17, 15) is 9.59 Å². The van der Waals surface area contributed by atoms with E-state index in [1.54, 1.807) is 30.3 Å². The summed E-state index contributed by atoms with van der Waals surface area (Å²) in [7, 11) is 0. The average molecular weight is 205 g/mol. The van der Waals surface area contributed by atoms with Gasteiger partial charge in [-0.1, -0.05) is 24.8 Å². The summed E-state index contributed by atoms with van der Waals surface area (Å²) in [6, 6.07) is 8.45. The lowest BCUT2D eigenvalue weighted by Crippen LogP contribution is -2.27. The third kappa shape index (κ3) is 3.27. The summed E-state index contributed by atoms with van der Waals surface area (Å²) in [4.78, 5) is 26.8. The maximum Gasteiger partial charge on any atom is 0.358 e. The fourth-order valence-electron chi connectivity index (χ4n) is 0.828. The Morgan fingerprint density at radius 3 is 2.40 bits per heavy atom. The van der Waals surface area contributed by atoms with Crippen LogP contribution >= 0.6 is 0 Å². The van der Waals surface area contributed by atoms with E-state index >= 15 is 0 Å². The first-order chi connectivity index (χ1) is 7.11. The molecule has 4 nitrogen and oxygen atoms in total. The Morgan fingerprint density at radius 1 is 1.27 bits per heavy atom. The second-order valence-electron chi connectivity index (χ2n) is 2.97. The summed E-state index contributed by atoms with van der Waals surface area (Å²) in [5.41, 5.74) is 2.68. The van der Waals surface area contributed by atoms with Crippen LogP contribution in [-0.2, 0) is 9.63 Å². The molecule has 15 heavy (non-hydrogen) atoms. The van der Waals surface area contributed by atoms with Gasteiger partial charge in [0.15, 0.2) is 0 Å². The molecular formula is C11H11NO3. The van der Waals surface area contributed by atoms with Gasteiger partial charge in [0, 0.05) is 11.1 Å². The van der Waals surface area contributed by atoms with Crippen LogP contribution in [0.15, 0.2) is 42.5 Å². The summed E-state index contributed by atoms with van der Waals surface area (Å²) < 4.78 is 0. The molecule has 1 amide bonds. The molecule has 0 saturated heterocycles. The van der Waals surface area contributed by atoms with E-state index in [1.165, 1.54) is 6.92 Å². The van der Waals surface area contributed by atoms with Gasteiger partial charge in [0.1, 0.15) is 0 Å². The number of carbonyl (C=O) groups excluding carboxylic acids is 2. The minimum atomic E-state index is -0.653. The quantitative estimate of drug-likeness (QED) is 0.587. The van der Waals surface area contributed by atoms with Gasteiger partial charge in [0.05, 0.1) is 0 Å². The zero-order valence-corrected chi connectivity index (χ0v) is 8.32. The van der Waals surface area contributed by atoms with Crippen LogP contribution in [0, 0.1) is 0 Å². The van der Waals surface area contributed by atoms with E-state index < -0.39 is 11.9 Å². The third-order valence-electron chi connectivity index (χ3n) is 1.62. The van der Waals surface area contributed by atoms with Gasteiger partial charge in [-0.3, -0.25) is 4.79 Å². The molecule has 1 aromatic rings. The second-order valence-corrected chi connectivity index (χ2v) is 2.97. The standard InChI is InChI=1S/C11H11NO3/c1-8(2)11(14)15-12-10(13)9-6-4-3-5-7-9/h3-7H,1H2,2H3,(H,12,13). The summed E-state index contributed by atoms with van der Waals surface area (Å²) in [5, 5.41) is 0. The fourth-order valence-corrected chi connectivity index (χ4v) is 0.828. The highest BCUT2D eigenvalue weighted by Gasteiger charge is 2.08. The molecule has 0 atom stereocenters. The Labute approximate surface area is 87.5 Å². The number of carbonyl (C=O) groups is 2. The molecule has 0 radical (unpaired) electrons. The minimum Gasteiger partial charge on any atom is -0.335 e. The van der Waals surface area contributed by atoms with Crippen molar-refractivity contribution in [1.29, 1.82) is 0 Å². The molecule has 1 aromatic carbocycles. The van der Waals surface area contributed by atoms with Gasteiger partial charge >= 0.3 is 5.97 Å². The molecule has 0 fully saturated rings. The Bertz CT molecular complexity index is 384. The van der Waals surface area contributed by atoms with Crippen molar-refractivity contribution < 1.29 is 14.4 Å². The van der Waals surface area contributed by atoms with Gasteiger partial charge in [0.25, 0.3) is 5.91 Å². The molecule has 0 heterocycles. The molecule has 0 aliphatic heterocycles. The molecule has 0 aliphatic carbocycles. The lowest BCUT2D eigenvalue weighted by atomic mass is 10.2. The Morgan fingerprint density at radius 2 is 1.87 bits per heavy atom. The van der Waals surface area contributed by atoms with Crippen molar-refractivity contribution in [3.63, 3.8) is 0 Å². The Kier molecular flexibility index (Phi) is 3.62. The van der Waals surface area contributed by atoms with Gasteiger partial charge < -0.3 is 4.84 Å². The van der Waals surface area contributed by atoms with E-state index in [1.807, 2.05) is 5.48 Å². The molecule has 0 spiro atoms. The van der Waals surface area contributed by atoms with Crippen molar-refractivity contribution in [3.05, 3.63) is 48.0 Å². The van der Waals surface area contributed by atoms with Crippen molar-refractivity contribution >= 4 is 11.9 Å². The van der Waals surface area contributed by atoms with Crippen molar-refractivity contribution in [2.24, 2.45) is 0 Å². The number of amides is 1. The van der Waals surface area contributed by atoms with Crippen LogP contribution in [-0.4, -0.2) is 11.9 Å². The van der Waals surface area contributed by atoms with Gasteiger partial charge in [-0.2, -0.15) is 5.48 Å². The number of rotatable bonds is 2.